The van der Waals surface area contributed by atoms with Gasteiger partial charge in [0.25, 0.3) is 0 Å². The molecule has 2 aromatic rings. The van der Waals surface area contributed by atoms with Gasteiger partial charge >= 0.3 is 5.97 Å². The number of hydrogen-bond acceptors (Lipinski definition) is 1. The summed E-state index contributed by atoms with van der Waals surface area (Å²) in [6.45, 7) is 8.48. The predicted molar refractivity (Wildman–Crippen MR) is 78.1 cm³/mol. The van der Waals surface area contributed by atoms with Crippen molar-refractivity contribution in [3.05, 3.63) is 34.5 Å². The van der Waals surface area contributed by atoms with Crippen molar-refractivity contribution in [3.63, 3.8) is 0 Å². The average Bonchev–Trinajstić information content (AvgIpc) is 2.60. The minimum atomic E-state index is -0.854. The topological polar surface area (TPSA) is 42.2 Å². The Morgan fingerprint density at radius 1 is 1.37 bits per heavy atom. The molecule has 3 nitrogen and oxygen atoms in total. The molecule has 1 aromatic carbocycles. The third kappa shape index (κ3) is 2.03. The van der Waals surface area contributed by atoms with Gasteiger partial charge in [-0.2, -0.15) is 0 Å². The molecule has 0 bridgehead atoms. The number of benzene rings is 1. The predicted octanol–water partition coefficient (Wildman–Crippen LogP) is 3.87. The van der Waals surface area contributed by atoms with Crippen molar-refractivity contribution in [1.82, 2.24) is 4.57 Å². The summed E-state index contributed by atoms with van der Waals surface area (Å²) in [4.78, 5) is 11.3. The Kier molecular flexibility index (Phi) is 3.40. The number of fused-ring (bicyclic) bond motifs is 1. The second-order valence-corrected chi connectivity index (χ2v) is 5.40. The zero-order valence-corrected chi connectivity index (χ0v) is 12.2. The number of rotatable bonds is 3. The second-order valence-electron chi connectivity index (χ2n) is 5.40. The highest BCUT2D eigenvalue weighted by Crippen LogP contribution is 2.34. The van der Waals surface area contributed by atoms with Crippen LogP contribution in [-0.4, -0.2) is 15.6 Å². The molecule has 2 rings (SSSR count). The van der Waals surface area contributed by atoms with Gasteiger partial charge in [0.1, 0.15) is 0 Å². The summed E-state index contributed by atoms with van der Waals surface area (Å²) >= 11 is 0. The van der Waals surface area contributed by atoms with Crippen LogP contribution in [-0.2, 0) is 13.5 Å². The van der Waals surface area contributed by atoms with Gasteiger partial charge in [0.15, 0.2) is 0 Å². The molecule has 0 aliphatic rings. The Bertz CT molecular complexity index is 651. The van der Waals surface area contributed by atoms with Crippen molar-refractivity contribution in [1.29, 1.82) is 0 Å². The molecular formula is C16H21NO2. The van der Waals surface area contributed by atoms with Gasteiger partial charge < -0.3 is 9.67 Å². The molecule has 0 spiro atoms. The monoisotopic (exact) mass is 259 g/mol. The summed E-state index contributed by atoms with van der Waals surface area (Å²) in [6.07, 6.45) is 0.840. The van der Waals surface area contributed by atoms with Gasteiger partial charge in [0.05, 0.1) is 11.1 Å². The number of aromatic nitrogens is 1. The highest BCUT2D eigenvalue weighted by Gasteiger charge is 2.19. The van der Waals surface area contributed by atoms with Gasteiger partial charge in [-0.25, -0.2) is 4.79 Å². The van der Waals surface area contributed by atoms with Crippen LogP contribution < -0.4 is 0 Å². The smallest absolute Gasteiger partial charge is 0.335 e. The van der Waals surface area contributed by atoms with Crippen molar-refractivity contribution in [2.75, 3.05) is 0 Å². The van der Waals surface area contributed by atoms with Crippen LogP contribution in [0.5, 0.6) is 0 Å². The van der Waals surface area contributed by atoms with Gasteiger partial charge in [-0.3, -0.25) is 0 Å². The summed E-state index contributed by atoms with van der Waals surface area (Å²) in [7, 11) is 2.06. The van der Waals surface area contributed by atoms with E-state index in [-0.39, 0.29) is 0 Å². The SMILES string of the molecule is CCc1cc(C(=O)O)cc2c(C(C)C)c(C)n(C)c12. The minimum absolute atomic E-state index is 0.386. The van der Waals surface area contributed by atoms with E-state index < -0.39 is 5.97 Å². The van der Waals surface area contributed by atoms with E-state index >= 15 is 0 Å². The number of carbonyl (C=O) groups is 1. The van der Waals surface area contributed by atoms with E-state index in [0.717, 1.165) is 17.4 Å². The summed E-state index contributed by atoms with van der Waals surface area (Å²) in [5.74, 6) is -0.467. The quantitative estimate of drug-likeness (QED) is 0.909. The van der Waals surface area contributed by atoms with E-state index in [0.29, 0.717) is 11.5 Å². The first kappa shape index (κ1) is 13.7. The molecule has 1 heterocycles. The lowest BCUT2D eigenvalue weighted by Crippen LogP contribution is -2.00. The largest absolute Gasteiger partial charge is 0.478 e. The lowest BCUT2D eigenvalue weighted by atomic mass is 9.96. The van der Waals surface area contributed by atoms with E-state index in [1.807, 2.05) is 6.07 Å². The van der Waals surface area contributed by atoms with Crippen LogP contribution in [0.4, 0.5) is 0 Å². The molecule has 3 heteroatoms. The van der Waals surface area contributed by atoms with Crippen molar-refractivity contribution in [3.8, 4) is 0 Å². The molecule has 0 amide bonds. The molecule has 0 saturated carbocycles. The lowest BCUT2D eigenvalue weighted by molar-refractivity contribution is 0.0697. The first-order valence-electron chi connectivity index (χ1n) is 6.73. The summed E-state index contributed by atoms with van der Waals surface area (Å²) in [5.41, 5.74) is 5.15. The standard InChI is InChI=1S/C16H21NO2/c1-6-11-7-12(16(18)19)8-13-14(9(2)3)10(4)17(5)15(11)13/h7-9H,6H2,1-5H3,(H,18,19). The van der Waals surface area contributed by atoms with E-state index in [1.54, 1.807) is 6.07 Å². The molecule has 0 aliphatic carbocycles. The van der Waals surface area contributed by atoms with Crippen LogP contribution in [0.3, 0.4) is 0 Å². The third-order valence-corrected chi connectivity index (χ3v) is 3.91. The van der Waals surface area contributed by atoms with Crippen molar-refractivity contribution in [2.45, 2.75) is 40.0 Å². The van der Waals surface area contributed by atoms with Crippen LogP contribution in [0, 0.1) is 6.92 Å². The highest BCUT2D eigenvalue weighted by atomic mass is 16.4. The maximum Gasteiger partial charge on any atom is 0.335 e. The first-order valence-corrected chi connectivity index (χ1v) is 6.73. The fraction of sp³-hybridized carbons (Fsp3) is 0.438. The van der Waals surface area contributed by atoms with Crippen LogP contribution in [0.15, 0.2) is 12.1 Å². The Morgan fingerprint density at radius 3 is 2.47 bits per heavy atom. The molecule has 1 N–H and O–H groups in total. The molecule has 1 aromatic heterocycles. The first-order chi connectivity index (χ1) is 8.88. The van der Waals surface area contributed by atoms with Gasteiger partial charge in [-0.05, 0) is 42.5 Å². The third-order valence-electron chi connectivity index (χ3n) is 3.91. The van der Waals surface area contributed by atoms with E-state index in [2.05, 4.69) is 39.3 Å². The van der Waals surface area contributed by atoms with Crippen molar-refractivity contribution < 1.29 is 9.90 Å². The number of carboxylic acid groups (broad SMARTS) is 1. The molecular weight excluding hydrogens is 238 g/mol. The number of aromatic carboxylic acids is 1. The van der Waals surface area contributed by atoms with Crippen LogP contribution in [0.25, 0.3) is 10.9 Å². The molecule has 102 valence electrons. The lowest BCUT2D eigenvalue weighted by Gasteiger charge is -2.07. The van der Waals surface area contributed by atoms with Gasteiger partial charge in [0, 0.05) is 18.1 Å². The molecule has 0 radical (unpaired) electrons. The Morgan fingerprint density at radius 2 is 2.00 bits per heavy atom. The van der Waals surface area contributed by atoms with Gasteiger partial charge in [0.2, 0.25) is 0 Å². The molecule has 0 fully saturated rings. The molecule has 0 aliphatic heterocycles. The Balaban J connectivity index is 2.94. The molecule has 0 saturated heterocycles. The number of hydrogen-bond donors (Lipinski definition) is 1. The van der Waals surface area contributed by atoms with Crippen molar-refractivity contribution in [2.24, 2.45) is 7.05 Å². The number of carboxylic acids is 1. The van der Waals surface area contributed by atoms with Crippen LogP contribution in [0.2, 0.25) is 0 Å². The maximum atomic E-state index is 11.3. The highest BCUT2D eigenvalue weighted by molar-refractivity contribution is 5.97. The minimum Gasteiger partial charge on any atom is -0.478 e. The average molecular weight is 259 g/mol. The maximum absolute atomic E-state index is 11.3. The summed E-state index contributed by atoms with van der Waals surface area (Å²) < 4.78 is 2.19. The fourth-order valence-electron chi connectivity index (χ4n) is 2.96. The summed E-state index contributed by atoms with van der Waals surface area (Å²) in [6, 6.07) is 3.62. The molecule has 0 unspecified atom stereocenters. The zero-order valence-electron chi connectivity index (χ0n) is 12.2. The van der Waals surface area contributed by atoms with Gasteiger partial charge in [-0.15, -0.1) is 0 Å². The normalized spacial score (nSPS) is 11.5. The second kappa shape index (κ2) is 4.72. The Hall–Kier alpha value is -1.77. The summed E-state index contributed by atoms with van der Waals surface area (Å²) in [5, 5.41) is 10.4. The fourth-order valence-corrected chi connectivity index (χ4v) is 2.96. The molecule has 0 atom stereocenters. The Labute approximate surface area is 113 Å². The number of aryl methyl sites for hydroxylation is 2. The van der Waals surface area contributed by atoms with Crippen LogP contribution >= 0.6 is 0 Å². The molecule has 19 heavy (non-hydrogen) atoms. The van der Waals surface area contributed by atoms with Crippen LogP contribution in [0.1, 0.15) is 53.9 Å². The van der Waals surface area contributed by atoms with Gasteiger partial charge in [-0.1, -0.05) is 20.8 Å². The van der Waals surface area contributed by atoms with E-state index in [9.17, 15) is 9.90 Å². The van der Waals surface area contributed by atoms with E-state index in [4.69, 9.17) is 0 Å². The number of nitrogens with zero attached hydrogens (tertiary/aromatic N) is 1. The van der Waals surface area contributed by atoms with Crippen molar-refractivity contribution >= 4 is 16.9 Å². The van der Waals surface area contributed by atoms with E-state index in [1.165, 1.54) is 16.8 Å². The zero-order chi connectivity index (χ0) is 14.3.